The Balaban J connectivity index is 2.87. The molecule has 92 valence electrons. The second-order valence-electron chi connectivity index (χ2n) is 5.01. The van der Waals surface area contributed by atoms with Gasteiger partial charge in [0.15, 0.2) is 0 Å². The van der Waals surface area contributed by atoms with Crippen molar-refractivity contribution in [3.8, 4) is 0 Å². The van der Waals surface area contributed by atoms with Gasteiger partial charge in [0.05, 0.1) is 6.04 Å². The number of hydrogen-bond acceptors (Lipinski definition) is 3. The summed E-state index contributed by atoms with van der Waals surface area (Å²) < 4.78 is 0. The van der Waals surface area contributed by atoms with E-state index in [1.807, 2.05) is 0 Å². The molecule has 0 fully saturated rings. The summed E-state index contributed by atoms with van der Waals surface area (Å²) in [4.78, 5) is 2.40. The molecule has 0 radical (unpaired) electrons. The molecule has 0 saturated heterocycles. The smallest absolute Gasteiger partial charge is 0.0504 e. The number of hydrogen-bond donors (Lipinski definition) is 1. The molecule has 0 aromatic carbocycles. The Morgan fingerprint density at radius 1 is 1.25 bits per heavy atom. The third-order valence-electron chi connectivity index (χ3n) is 3.43. The summed E-state index contributed by atoms with van der Waals surface area (Å²) in [6, 6.07) is 3.20. The maximum atomic E-state index is 6.13. The van der Waals surface area contributed by atoms with Crippen LogP contribution in [0.5, 0.6) is 0 Å². The van der Waals surface area contributed by atoms with Crippen LogP contribution in [0.1, 0.15) is 39.3 Å². The van der Waals surface area contributed by atoms with Gasteiger partial charge in [0.1, 0.15) is 0 Å². The van der Waals surface area contributed by atoms with Crippen molar-refractivity contribution < 1.29 is 0 Å². The lowest BCUT2D eigenvalue weighted by atomic mass is 9.97. The Morgan fingerprint density at radius 3 is 2.25 bits per heavy atom. The van der Waals surface area contributed by atoms with Gasteiger partial charge < -0.3 is 5.73 Å². The van der Waals surface area contributed by atoms with E-state index < -0.39 is 0 Å². The van der Waals surface area contributed by atoms with E-state index in [2.05, 4.69) is 56.5 Å². The van der Waals surface area contributed by atoms with Crippen LogP contribution in [0, 0.1) is 5.92 Å². The second kappa shape index (κ2) is 5.80. The van der Waals surface area contributed by atoms with E-state index in [0.717, 1.165) is 0 Å². The van der Waals surface area contributed by atoms with Crippen molar-refractivity contribution in [1.82, 2.24) is 4.90 Å². The third kappa shape index (κ3) is 3.06. The summed E-state index contributed by atoms with van der Waals surface area (Å²) in [5.41, 5.74) is 7.47. The van der Waals surface area contributed by atoms with Crippen molar-refractivity contribution in [3.05, 3.63) is 22.4 Å². The van der Waals surface area contributed by atoms with Gasteiger partial charge in [0.2, 0.25) is 0 Å². The molecule has 0 aliphatic heterocycles. The molecule has 0 aliphatic rings. The molecule has 1 rings (SSSR count). The van der Waals surface area contributed by atoms with Gasteiger partial charge >= 0.3 is 0 Å². The molecule has 2 N–H and O–H groups in total. The van der Waals surface area contributed by atoms with Gasteiger partial charge in [-0.2, -0.15) is 11.3 Å². The van der Waals surface area contributed by atoms with E-state index in [1.54, 1.807) is 11.3 Å². The van der Waals surface area contributed by atoms with Gasteiger partial charge in [-0.05, 0) is 49.2 Å². The normalized spacial score (nSPS) is 17.8. The minimum atomic E-state index is 0.154. The first-order valence-electron chi connectivity index (χ1n) is 5.94. The molecule has 0 aliphatic carbocycles. The zero-order chi connectivity index (χ0) is 12.3. The van der Waals surface area contributed by atoms with Crippen molar-refractivity contribution in [2.75, 3.05) is 7.05 Å². The van der Waals surface area contributed by atoms with Gasteiger partial charge in [0.25, 0.3) is 0 Å². The molecule has 1 heterocycles. The van der Waals surface area contributed by atoms with Crippen LogP contribution in [-0.4, -0.2) is 24.0 Å². The Morgan fingerprint density at radius 2 is 1.88 bits per heavy atom. The van der Waals surface area contributed by atoms with E-state index in [1.165, 1.54) is 5.56 Å². The van der Waals surface area contributed by atoms with E-state index >= 15 is 0 Å². The SMILES string of the molecule is CC(C)C(C)N(C)C(c1ccsc1)C(C)N. The number of rotatable bonds is 5. The molecule has 0 bridgehead atoms. The number of thiophene rings is 1. The minimum absolute atomic E-state index is 0.154. The van der Waals surface area contributed by atoms with Crippen LogP contribution in [0.4, 0.5) is 0 Å². The highest BCUT2D eigenvalue weighted by Gasteiger charge is 2.26. The lowest BCUT2D eigenvalue weighted by molar-refractivity contribution is 0.133. The molecular formula is C13H24N2S. The largest absolute Gasteiger partial charge is 0.326 e. The molecule has 0 amide bonds. The van der Waals surface area contributed by atoms with Crippen LogP contribution in [-0.2, 0) is 0 Å². The van der Waals surface area contributed by atoms with E-state index in [9.17, 15) is 0 Å². The number of likely N-dealkylation sites (N-methyl/N-ethyl adjacent to an activating group) is 1. The maximum Gasteiger partial charge on any atom is 0.0504 e. The highest BCUT2D eigenvalue weighted by molar-refractivity contribution is 7.07. The molecule has 2 nitrogen and oxygen atoms in total. The van der Waals surface area contributed by atoms with Gasteiger partial charge in [-0.1, -0.05) is 13.8 Å². The van der Waals surface area contributed by atoms with Crippen LogP contribution in [0.15, 0.2) is 16.8 Å². The van der Waals surface area contributed by atoms with Crippen LogP contribution in [0.25, 0.3) is 0 Å². The average Bonchev–Trinajstić information content (AvgIpc) is 2.69. The standard InChI is InChI=1S/C13H24N2S/c1-9(2)11(4)15(5)13(10(3)14)12-6-7-16-8-12/h6-11,13H,14H2,1-5H3. The van der Waals surface area contributed by atoms with Gasteiger partial charge in [-0.25, -0.2) is 0 Å². The first-order valence-corrected chi connectivity index (χ1v) is 6.89. The predicted molar refractivity (Wildman–Crippen MR) is 72.8 cm³/mol. The fourth-order valence-electron chi connectivity index (χ4n) is 2.08. The summed E-state index contributed by atoms with van der Waals surface area (Å²) in [7, 11) is 2.18. The summed E-state index contributed by atoms with van der Waals surface area (Å²) in [6.45, 7) is 8.87. The summed E-state index contributed by atoms with van der Waals surface area (Å²) >= 11 is 1.74. The fourth-order valence-corrected chi connectivity index (χ4v) is 2.77. The minimum Gasteiger partial charge on any atom is -0.326 e. The van der Waals surface area contributed by atoms with E-state index in [0.29, 0.717) is 18.0 Å². The monoisotopic (exact) mass is 240 g/mol. The van der Waals surface area contributed by atoms with Crippen LogP contribution < -0.4 is 5.73 Å². The first kappa shape index (κ1) is 13.7. The Kier molecular flexibility index (Phi) is 4.96. The van der Waals surface area contributed by atoms with Crippen molar-refractivity contribution in [3.63, 3.8) is 0 Å². The van der Waals surface area contributed by atoms with Crippen LogP contribution in [0.2, 0.25) is 0 Å². The molecule has 3 heteroatoms. The zero-order valence-corrected chi connectivity index (χ0v) is 11.8. The fraction of sp³-hybridized carbons (Fsp3) is 0.692. The summed E-state index contributed by atoms with van der Waals surface area (Å²) in [6.07, 6.45) is 0. The summed E-state index contributed by atoms with van der Waals surface area (Å²) in [5, 5.41) is 4.33. The topological polar surface area (TPSA) is 29.3 Å². The Hall–Kier alpha value is -0.380. The molecule has 3 atom stereocenters. The summed E-state index contributed by atoms with van der Waals surface area (Å²) in [5.74, 6) is 0.643. The van der Waals surface area contributed by atoms with E-state index in [4.69, 9.17) is 5.73 Å². The van der Waals surface area contributed by atoms with Crippen molar-refractivity contribution in [1.29, 1.82) is 0 Å². The molecular weight excluding hydrogens is 216 g/mol. The quantitative estimate of drug-likeness (QED) is 0.857. The molecule has 1 aromatic rings. The average molecular weight is 240 g/mol. The molecule has 16 heavy (non-hydrogen) atoms. The zero-order valence-electron chi connectivity index (χ0n) is 11.0. The maximum absolute atomic E-state index is 6.13. The Bertz CT molecular complexity index is 293. The third-order valence-corrected chi connectivity index (χ3v) is 4.13. The first-order chi connectivity index (χ1) is 7.45. The lowest BCUT2D eigenvalue weighted by Crippen LogP contribution is -2.43. The molecule has 3 unspecified atom stereocenters. The van der Waals surface area contributed by atoms with E-state index in [-0.39, 0.29) is 6.04 Å². The second-order valence-corrected chi connectivity index (χ2v) is 5.79. The van der Waals surface area contributed by atoms with Crippen LogP contribution in [0.3, 0.4) is 0 Å². The molecule has 1 aromatic heterocycles. The van der Waals surface area contributed by atoms with Crippen LogP contribution >= 0.6 is 11.3 Å². The van der Waals surface area contributed by atoms with Gasteiger partial charge in [-0.15, -0.1) is 0 Å². The number of nitrogens with zero attached hydrogens (tertiary/aromatic N) is 1. The lowest BCUT2D eigenvalue weighted by Gasteiger charge is -2.37. The predicted octanol–water partition coefficient (Wildman–Crippen LogP) is 3.11. The van der Waals surface area contributed by atoms with Crippen molar-refractivity contribution >= 4 is 11.3 Å². The highest BCUT2D eigenvalue weighted by Crippen LogP contribution is 2.27. The highest BCUT2D eigenvalue weighted by atomic mass is 32.1. The number of nitrogens with two attached hydrogens (primary N) is 1. The molecule has 0 spiro atoms. The van der Waals surface area contributed by atoms with Crippen molar-refractivity contribution in [2.45, 2.75) is 45.8 Å². The van der Waals surface area contributed by atoms with Gasteiger partial charge in [0, 0.05) is 12.1 Å². The van der Waals surface area contributed by atoms with Gasteiger partial charge in [-0.3, -0.25) is 4.90 Å². The Labute approximate surface area is 103 Å². The molecule has 0 saturated carbocycles. The van der Waals surface area contributed by atoms with Crippen molar-refractivity contribution in [2.24, 2.45) is 11.7 Å².